The van der Waals surface area contributed by atoms with E-state index in [1.165, 1.54) is 0 Å². The Bertz CT molecular complexity index is 337. The molecule has 0 aliphatic heterocycles. The lowest BCUT2D eigenvalue weighted by Gasteiger charge is -2.19. The van der Waals surface area contributed by atoms with Gasteiger partial charge in [-0.05, 0) is 0 Å². The summed E-state index contributed by atoms with van der Waals surface area (Å²) >= 11 is 5.64. The van der Waals surface area contributed by atoms with Crippen LogP contribution in [0.25, 0.3) is 0 Å². The van der Waals surface area contributed by atoms with Crippen molar-refractivity contribution in [2.75, 3.05) is 12.9 Å². The first-order valence-electron chi connectivity index (χ1n) is 4.83. The van der Waals surface area contributed by atoms with Crippen molar-refractivity contribution >= 4 is 17.5 Å². The maximum Gasteiger partial charge on any atom is 0.226 e. The van der Waals surface area contributed by atoms with Gasteiger partial charge in [-0.15, -0.1) is 11.6 Å². The van der Waals surface area contributed by atoms with Crippen molar-refractivity contribution in [3.63, 3.8) is 0 Å². The molecule has 0 saturated heterocycles. The Morgan fingerprint density at radius 2 is 2.40 bits per heavy atom. The SMILES string of the molecule is CC(CCl)C(=O)N(C)Cc1nccn1C. The van der Waals surface area contributed by atoms with Gasteiger partial charge in [0.05, 0.1) is 6.54 Å². The fourth-order valence-corrected chi connectivity index (χ4v) is 1.41. The zero-order valence-corrected chi connectivity index (χ0v) is 10.0. The molecule has 4 nitrogen and oxygen atoms in total. The van der Waals surface area contributed by atoms with Crippen LogP contribution in [0.2, 0.25) is 0 Å². The van der Waals surface area contributed by atoms with Gasteiger partial charge in [-0.2, -0.15) is 0 Å². The molecule has 0 fully saturated rings. The average molecular weight is 230 g/mol. The number of halogens is 1. The first-order valence-corrected chi connectivity index (χ1v) is 5.36. The van der Waals surface area contributed by atoms with Crippen molar-refractivity contribution in [3.05, 3.63) is 18.2 Å². The summed E-state index contributed by atoms with van der Waals surface area (Å²) in [7, 11) is 3.67. The van der Waals surface area contributed by atoms with E-state index in [0.29, 0.717) is 12.4 Å². The van der Waals surface area contributed by atoms with Gasteiger partial charge in [0, 0.05) is 38.3 Å². The van der Waals surface area contributed by atoms with Gasteiger partial charge in [0.15, 0.2) is 0 Å². The number of alkyl halides is 1. The molecule has 84 valence electrons. The molecule has 1 amide bonds. The van der Waals surface area contributed by atoms with Crippen molar-refractivity contribution in [2.45, 2.75) is 13.5 Å². The molecule has 0 saturated carbocycles. The Morgan fingerprint density at radius 1 is 1.73 bits per heavy atom. The molecule has 15 heavy (non-hydrogen) atoms. The van der Waals surface area contributed by atoms with Crippen LogP contribution in [0.3, 0.4) is 0 Å². The second-order valence-electron chi connectivity index (χ2n) is 3.70. The van der Waals surface area contributed by atoms with Crippen molar-refractivity contribution < 1.29 is 4.79 Å². The van der Waals surface area contributed by atoms with Crippen LogP contribution in [0.5, 0.6) is 0 Å². The third-order valence-corrected chi connectivity index (χ3v) is 2.79. The third kappa shape index (κ3) is 2.96. The standard InChI is InChI=1S/C10H16ClN3O/c1-8(6-11)10(15)14(3)7-9-12-4-5-13(9)2/h4-5,8H,6-7H2,1-3H3. The minimum Gasteiger partial charge on any atom is -0.338 e. The largest absolute Gasteiger partial charge is 0.338 e. The topological polar surface area (TPSA) is 38.1 Å². The maximum atomic E-state index is 11.7. The Labute approximate surface area is 94.8 Å². The zero-order chi connectivity index (χ0) is 11.4. The molecule has 1 unspecified atom stereocenters. The number of carbonyl (C=O) groups excluding carboxylic acids is 1. The van der Waals surface area contributed by atoms with Crippen LogP contribution < -0.4 is 0 Å². The van der Waals surface area contributed by atoms with E-state index in [2.05, 4.69) is 4.98 Å². The van der Waals surface area contributed by atoms with Gasteiger partial charge in [0.2, 0.25) is 5.91 Å². The lowest BCUT2D eigenvalue weighted by molar-refractivity contribution is -0.133. The molecule has 0 aliphatic rings. The van der Waals surface area contributed by atoms with Crippen molar-refractivity contribution in [1.82, 2.24) is 14.5 Å². The summed E-state index contributed by atoms with van der Waals surface area (Å²) in [5, 5.41) is 0. The number of amides is 1. The lowest BCUT2D eigenvalue weighted by atomic mass is 10.2. The van der Waals surface area contributed by atoms with E-state index in [4.69, 9.17) is 11.6 Å². The van der Waals surface area contributed by atoms with Gasteiger partial charge < -0.3 is 9.47 Å². The summed E-state index contributed by atoms with van der Waals surface area (Å²) in [5.74, 6) is 1.13. The highest BCUT2D eigenvalue weighted by atomic mass is 35.5. The highest BCUT2D eigenvalue weighted by Crippen LogP contribution is 2.06. The van der Waals surface area contributed by atoms with Crippen molar-refractivity contribution in [3.8, 4) is 0 Å². The van der Waals surface area contributed by atoms with E-state index < -0.39 is 0 Å². The molecular formula is C10H16ClN3O. The fraction of sp³-hybridized carbons (Fsp3) is 0.600. The molecule has 0 bridgehead atoms. The molecular weight excluding hydrogens is 214 g/mol. The smallest absolute Gasteiger partial charge is 0.226 e. The summed E-state index contributed by atoms with van der Waals surface area (Å²) in [6.45, 7) is 2.34. The summed E-state index contributed by atoms with van der Waals surface area (Å²) in [6.07, 6.45) is 3.58. The first kappa shape index (κ1) is 12.0. The summed E-state index contributed by atoms with van der Waals surface area (Å²) in [6, 6.07) is 0. The Balaban J connectivity index is 2.60. The van der Waals surface area contributed by atoms with Crippen LogP contribution in [0.4, 0.5) is 0 Å². The van der Waals surface area contributed by atoms with E-state index in [-0.39, 0.29) is 11.8 Å². The first-order chi connectivity index (χ1) is 7.06. The number of aryl methyl sites for hydroxylation is 1. The number of carbonyl (C=O) groups is 1. The third-order valence-electron chi connectivity index (χ3n) is 2.33. The van der Waals surface area contributed by atoms with E-state index in [1.807, 2.05) is 24.7 Å². The van der Waals surface area contributed by atoms with E-state index in [0.717, 1.165) is 5.82 Å². The number of hydrogen-bond acceptors (Lipinski definition) is 2. The number of nitrogens with zero attached hydrogens (tertiary/aromatic N) is 3. The molecule has 1 aromatic heterocycles. The highest BCUT2D eigenvalue weighted by molar-refractivity contribution is 6.19. The normalized spacial score (nSPS) is 12.5. The van der Waals surface area contributed by atoms with Gasteiger partial charge in [-0.3, -0.25) is 4.79 Å². The van der Waals surface area contributed by atoms with Crippen molar-refractivity contribution in [2.24, 2.45) is 13.0 Å². The van der Waals surface area contributed by atoms with Gasteiger partial charge in [-0.25, -0.2) is 4.98 Å². The molecule has 0 N–H and O–H groups in total. The Kier molecular flexibility index (Phi) is 4.15. The van der Waals surface area contributed by atoms with Gasteiger partial charge >= 0.3 is 0 Å². The molecule has 1 heterocycles. The molecule has 1 rings (SSSR count). The van der Waals surface area contributed by atoms with Crippen LogP contribution in [-0.4, -0.2) is 33.3 Å². The number of imidazole rings is 1. The Hall–Kier alpha value is -1.03. The average Bonchev–Trinajstić information content (AvgIpc) is 2.62. The minimum absolute atomic E-state index is 0.0491. The fourth-order valence-electron chi connectivity index (χ4n) is 1.28. The predicted molar refractivity (Wildman–Crippen MR) is 59.6 cm³/mol. The van der Waals surface area contributed by atoms with Crippen LogP contribution in [0, 0.1) is 5.92 Å². The van der Waals surface area contributed by atoms with Crippen LogP contribution in [0.15, 0.2) is 12.4 Å². The van der Waals surface area contributed by atoms with Gasteiger partial charge in [-0.1, -0.05) is 6.92 Å². The van der Waals surface area contributed by atoms with E-state index >= 15 is 0 Å². The highest BCUT2D eigenvalue weighted by Gasteiger charge is 2.17. The van der Waals surface area contributed by atoms with Crippen LogP contribution in [0.1, 0.15) is 12.7 Å². The number of rotatable bonds is 4. The molecule has 0 spiro atoms. The molecule has 0 aliphatic carbocycles. The lowest BCUT2D eigenvalue weighted by Crippen LogP contribution is -2.32. The molecule has 0 aromatic carbocycles. The molecule has 1 atom stereocenters. The molecule has 1 aromatic rings. The molecule has 0 radical (unpaired) electrons. The minimum atomic E-state index is -0.142. The second kappa shape index (κ2) is 5.16. The summed E-state index contributed by atoms with van der Waals surface area (Å²) in [4.78, 5) is 17.5. The molecule has 5 heteroatoms. The van der Waals surface area contributed by atoms with Gasteiger partial charge in [0.1, 0.15) is 5.82 Å². The zero-order valence-electron chi connectivity index (χ0n) is 9.27. The summed E-state index contributed by atoms with van der Waals surface area (Å²) < 4.78 is 1.90. The van der Waals surface area contributed by atoms with Crippen LogP contribution in [-0.2, 0) is 18.4 Å². The summed E-state index contributed by atoms with van der Waals surface area (Å²) in [5.41, 5.74) is 0. The monoisotopic (exact) mass is 229 g/mol. The van der Waals surface area contributed by atoms with Crippen LogP contribution >= 0.6 is 11.6 Å². The second-order valence-corrected chi connectivity index (χ2v) is 4.01. The Morgan fingerprint density at radius 3 is 2.87 bits per heavy atom. The predicted octanol–water partition coefficient (Wildman–Crippen LogP) is 1.25. The van der Waals surface area contributed by atoms with Gasteiger partial charge in [0.25, 0.3) is 0 Å². The number of aromatic nitrogens is 2. The van der Waals surface area contributed by atoms with E-state index in [1.54, 1.807) is 18.1 Å². The number of hydrogen-bond donors (Lipinski definition) is 0. The van der Waals surface area contributed by atoms with Crippen molar-refractivity contribution in [1.29, 1.82) is 0 Å². The van der Waals surface area contributed by atoms with E-state index in [9.17, 15) is 4.79 Å². The maximum absolute atomic E-state index is 11.7. The quantitative estimate of drug-likeness (QED) is 0.729.